The SMILES string of the molecule is Cc1cc(C)c(/C=N\Nc2nc(Nc3ccccc3)nc(Nc3ccccc3)n2)c(C)c1. The van der Waals surface area contributed by atoms with Crippen LogP contribution in [-0.4, -0.2) is 21.2 Å². The minimum absolute atomic E-state index is 0.329. The molecule has 0 fully saturated rings. The lowest BCUT2D eigenvalue weighted by molar-refractivity contribution is 1.04. The Morgan fingerprint density at radius 1 is 0.656 bits per heavy atom. The number of benzene rings is 3. The van der Waals surface area contributed by atoms with Gasteiger partial charge in [0.2, 0.25) is 17.8 Å². The van der Waals surface area contributed by atoms with E-state index in [2.05, 4.69) is 69.0 Å². The fourth-order valence-electron chi connectivity index (χ4n) is 3.39. The van der Waals surface area contributed by atoms with Gasteiger partial charge >= 0.3 is 0 Å². The van der Waals surface area contributed by atoms with Crippen LogP contribution in [0.25, 0.3) is 0 Å². The number of aryl methyl sites for hydroxylation is 3. The van der Waals surface area contributed by atoms with E-state index < -0.39 is 0 Å². The molecule has 0 bridgehead atoms. The molecule has 0 aliphatic heterocycles. The van der Waals surface area contributed by atoms with Gasteiger partial charge in [0.25, 0.3) is 0 Å². The molecule has 0 aliphatic carbocycles. The molecule has 0 amide bonds. The zero-order chi connectivity index (χ0) is 22.3. The molecule has 0 saturated heterocycles. The molecule has 0 radical (unpaired) electrons. The van der Waals surface area contributed by atoms with Crippen molar-refractivity contribution >= 4 is 35.4 Å². The van der Waals surface area contributed by atoms with E-state index in [0.717, 1.165) is 16.9 Å². The number of para-hydroxylation sites is 2. The second-order valence-corrected chi connectivity index (χ2v) is 7.47. The number of nitrogens with one attached hydrogen (secondary N) is 3. The van der Waals surface area contributed by atoms with Crippen molar-refractivity contribution in [1.29, 1.82) is 0 Å². The maximum absolute atomic E-state index is 4.49. The average Bonchev–Trinajstić information content (AvgIpc) is 2.77. The summed E-state index contributed by atoms with van der Waals surface area (Å²) in [6.45, 7) is 6.24. The maximum Gasteiger partial charge on any atom is 0.250 e. The number of nitrogens with zero attached hydrogens (tertiary/aromatic N) is 4. The van der Waals surface area contributed by atoms with Gasteiger partial charge in [-0.25, -0.2) is 5.43 Å². The van der Waals surface area contributed by atoms with Crippen LogP contribution in [0, 0.1) is 20.8 Å². The van der Waals surface area contributed by atoms with E-state index in [4.69, 9.17) is 0 Å². The lowest BCUT2D eigenvalue weighted by atomic mass is 10.0. The summed E-state index contributed by atoms with van der Waals surface area (Å²) in [5.74, 6) is 1.14. The summed E-state index contributed by atoms with van der Waals surface area (Å²) in [5.41, 5.74) is 9.34. The third-order valence-electron chi connectivity index (χ3n) is 4.79. The third-order valence-corrected chi connectivity index (χ3v) is 4.79. The van der Waals surface area contributed by atoms with E-state index in [0.29, 0.717) is 17.8 Å². The van der Waals surface area contributed by atoms with Crippen molar-refractivity contribution < 1.29 is 0 Å². The molecule has 7 nitrogen and oxygen atoms in total. The van der Waals surface area contributed by atoms with Gasteiger partial charge in [-0.15, -0.1) is 0 Å². The zero-order valence-corrected chi connectivity index (χ0v) is 18.3. The standard InChI is InChI=1S/C25H25N7/c1-17-14-18(2)22(19(3)15-17)16-26-32-25-30-23(27-20-10-6-4-7-11-20)29-24(31-25)28-21-12-8-5-9-13-21/h4-16H,1-3H3,(H3,27,28,29,30,31,32)/b26-16-. The molecular weight excluding hydrogens is 398 g/mol. The van der Waals surface area contributed by atoms with E-state index >= 15 is 0 Å². The molecule has 0 aliphatic rings. The Hall–Kier alpha value is -4.26. The third kappa shape index (κ3) is 5.46. The first-order valence-electron chi connectivity index (χ1n) is 10.3. The Morgan fingerprint density at radius 3 is 1.62 bits per heavy atom. The van der Waals surface area contributed by atoms with Gasteiger partial charge in [-0.3, -0.25) is 0 Å². The molecule has 32 heavy (non-hydrogen) atoms. The van der Waals surface area contributed by atoms with Crippen LogP contribution >= 0.6 is 0 Å². The molecule has 0 spiro atoms. The topological polar surface area (TPSA) is 87.1 Å². The predicted octanol–water partition coefficient (Wildman–Crippen LogP) is 5.73. The van der Waals surface area contributed by atoms with E-state index in [1.54, 1.807) is 6.21 Å². The molecular formula is C25H25N7. The predicted molar refractivity (Wildman–Crippen MR) is 131 cm³/mol. The Kier molecular flexibility index (Phi) is 6.36. The summed E-state index contributed by atoms with van der Waals surface area (Å²) in [6.07, 6.45) is 1.79. The average molecular weight is 424 g/mol. The van der Waals surface area contributed by atoms with Crippen molar-refractivity contribution in [3.8, 4) is 0 Å². The second kappa shape index (κ2) is 9.70. The first kappa shape index (κ1) is 21.0. The highest BCUT2D eigenvalue weighted by Crippen LogP contribution is 2.19. The van der Waals surface area contributed by atoms with Gasteiger partial charge in [-0.2, -0.15) is 20.1 Å². The highest BCUT2D eigenvalue weighted by atomic mass is 15.4. The Labute approximate surface area is 187 Å². The van der Waals surface area contributed by atoms with Crippen molar-refractivity contribution in [3.05, 3.63) is 95.1 Å². The molecule has 1 heterocycles. The summed E-state index contributed by atoms with van der Waals surface area (Å²) in [6, 6.07) is 23.8. The van der Waals surface area contributed by atoms with Crippen LogP contribution in [0.15, 0.2) is 77.9 Å². The Bertz CT molecular complexity index is 1140. The Balaban J connectivity index is 1.60. The van der Waals surface area contributed by atoms with Crippen molar-refractivity contribution in [3.63, 3.8) is 0 Å². The molecule has 0 atom stereocenters. The molecule has 0 unspecified atom stereocenters. The minimum atomic E-state index is 0.329. The number of hydrogen-bond acceptors (Lipinski definition) is 7. The van der Waals surface area contributed by atoms with E-state index in [1.807, 2.05) is 60.7 Å². The fraction of sp³-hybridized carbons (Fsp3) is 0.120. The quantitative estimate of drug-likeness (QED) is 0.260. The number of hydrogen-bond donors (Lipinski definition) is 3. The smallest absolute Gasteiger partial charge is 0.250 e. The lowest BCUT2D eigenvalue weighted by Crippen LogP contribution is -2.07. The van der Waals surface area contributed by atoms with Gasteiger partial charge in [0.15, 0.2) is 0 Å². The van der Waals surface area contributed by atoms with Gasteiger partial charge in [0.1, 0.15) is 0 Å². The molecule has 7 heteroatoms. The van der Waals surface area contributed by atoms with Gasteiger partial charge in [0, 0.05) is 16.9 Å². The zero-order valence-electron chi connectivity index (χ0n) is 18.3. The second-order valence-electron chi connectivity index (χ2n) is 7.47. The fourth-order valence-corrected chi connectivity index (χ4v) is 3.39. The van der Waals surface area contributed by atoms with Crippen molar-refractivity contribution in [2.75, 3.05) is 16.1 Å². The normalized spacial score (nSPS) is 10.8. The first-order chi connectivity index (χ1) is 15.6. The highest BCUT2D eigenvalue weighted by Gasteiger charge is 2.08. The molecule has 0 saturated carbocycles. The monoisotopic (exact) mass is 423 g/mol. The summed E-state index contributed by atoms with van der Waals surface area (Å²) in [4.78, 5) is 13.4. The molecule has 3 N–H and O–H groups in total. The minimum Gasteiger partial charge on any atom is -0.324 e. The van der Waals surface area contributed by atoms with E-state index in [1.165, 1.54) is 16.7 Å². The highest BCUT2D eigenvalue weighted by molar-refractivity contribution is 5.84. The van der Waals surface area contributed by atoms with Crippen LogP contribution in [0.2, 0.25) is 0 Å². The molecule has 160 valence electrons. The summed E-state index contributed by atoms with van der Waals surface area (Å²) in [5, 5.41) is 10.8. The number of aromatic nitrogens is 3. The van der Waals surface area contributed by atoms with Gasteiger partial charge in [0.05, 0.1) is 6.21 Å². The molecule has 4 aromatic rings. The molecule has 4 rings (SSSR count). The van der Waals surface area contributed by atoms with Crippen LogP contribution in [0.5, 0.6) is 0 Å². The Morgan fingerprint density at radius 2 is 1.12 bits per heavy atom. The molecule has 1 aromatic heterocycles. The van der Waals surface area contributed by atoms with Crippen LogP contribution in [0.3, 0.4) is 0 Å². The van der Waals surface area contributed by atoms with Crippen molar-refractivity contribution in [1.82, 2.24) is 15.0 Å². The first-order valence-corrected chi connectivity index (χ1v) is 10.3. The van der Waals surface area contributed by atoms with Gasteiger partial charge in [-0.1, -0.05) is 54.1 Å². The summed E-state index contributed by atoms with van der Waals surface area (Å²) >= 11 is 0. The number of rotatable bonds is 7. The van der Waals surface area contributed by atoms with Crippen LogP contribution in [-0.2, 0) is 0 Å². The van der Waals surface area contributed by atoms with Crippen LogP contribution in [0.4, 0.5) is 29.2 Å². The summed E-state index contributed by atoms with van der Waals surface area (Å²) in [7, 11) is 0. The number of hydrazone groups is 1. The van der Waals surface area contributed by atoms with Gasteiger partial charge < -0.3 is 10.6 Å². The largest absolute Gasteiger partial charge is 0.324 e. The number of anilines is 5. The van der Waals surface area contributed by atoms with Gasteiger partial charge in [-0.05, 0) is 56.2 Å². The lowest BCUT2D eigenvalue weighted by Gasteiger charge is -2.10. The van der Waals surface area contributed by atoms with Crippen molar-refractivity contribution in [2.24, 2.45) is 5.10 Å². The van der Waals surface area contributed by atoms with Crippen LogP contribution < -0.4 is 16.1 Å². The summed E-state index contributed by atoms with van der Waals surface area (Å²) < 4.78 is 0. The van der Waals surface area contributed by atoms with Crippen molar-refractivity contribution in [2.45, 2.75) is 20.8 Å². The maximum atomic E-state index is 4.49. The van der Waals surface area contributed by atoms with E-state index in [-0.39, 0.29) is 0 Å². The molecule has 3 aromatic carbocycles. The van der Waals surface area contributed by atoms with Crippen LogP contribution in [0.1, 0.15) is 22.3 Å². The van der Waals surface area contributed by atoms with E-state index in [9.17, 15) is 0 Å².